The normalized spacial score (nSPS) is 19.3. The van der Waals surface area contributed by atoms with Gasteiger partial charge in [-0.05, 0) is 43.9 Å². The van der Waals surface area contributed by atoms with Crippen molar-refractivity contribution in [2.75, 3.05) is 23.7 Å². The summed E-state index contributed by atoms with van der Waals surface area (Å²) in [4.78, 5) is 27.1. The lowest BCUT2D eigenvalue weighted by molar-refractivity contribution is -0.119. The van der Waals surface area contributed by atoms with Crippen molar-refractivity contribution in [3.05, 3.63) is 41.7 Å². The van der Waals surface area contributed by atoms with Gasteiger partial charge in [0.1, 0.15) is 0 Å². The molecule has 1 atom stereocenters. The number of carbonyl (C=O) groups is 2. The van der Waals surface area contributed by atoms with Crippen molar-refractivity contribution in [2.24, 2.45) is 5.92 Å². The molecule has 1 aromatic heterocycles. The Morgan fingerprint density at radius 2 is 2.00 bits per heavy atom. The second-order valence-corrected chi connectivity index (χ2v) is 8.08. The Morgan fingerprint density at radius 3 is 2.80 bits per heavy atom. The monoisotopic (exact) mass is 406 g/mol. The predicted octanol–water partition coefficient (Wildman–Crippen LogP) is 3.82. The molecule has 1 aliphatic heterocycles. The number of carbonyl (C=O) groups excluding carboxylic acids is 2. The molecule has 2 aromatic rings. The topological polar surface area (TPSA) is 114 Å². The molecule has 3 amide bonds. The van der Waals surface area contributed by atoms with Crippen molar-refractivity contribution in [3.8, 4) is 6.07 Å². The summed E-state index contributed by atoms with van der Waals surface area (Å²) in [5, 5.41) is 22.1. The average molecular weight is 406 g/mol. The number of aromatic amines is 1. The van der Waals surface area contributed by atoms with Crippen LogP contribution in [-0.4, -0.2) is 40.1 Å². The molecule has 8 heteroatoms. The highest BCUT2D eigenvalue weighted by Crippen LogP contribution is 2.32. The van der Waals surface area contributed by atoms with Crippen molar-refractivity contribution in [3.63, 3.8) is 0 Å². The van der Waals surface area contributed by atoms with E-state index in [0.717, 1.165) is 49.9 Å². The van der Waals surface area contributed by atoms with Gasteiger partial charge in [-0.3, -0.25) is 9.89 Å². The SMILES string of the molecule is N#Cc1cccc(NC(=O)N2CCC[C@H](c3[nH]ncc3NC(=O)C3CCCC3)C2)c1. The standard InChI is InChI=1S/C22H26N6O2/c23-12-15-5-3-9-18(11-15)25-22(30)28-10-4-8-17(14-28)20-19(13-24-27-20)26-21(29)16-6-1-2-7-16/h3,5,9,11,13,16-17H,1-2,4,6-8,10,14H2,(H,24,27)(H,25,30)(H,26,29)/t17-/m0/s1. The fourth-order valence-electron chi connectivity index (χ4n) is 4.40. The van der Waals surface area contributed by atoms with Gasteiger partial charge < -0.3 is 15.5 Å². The van der Waals surface area contributed by atoms with Crippen molar-refractivity contribution < 1.29 is 9.59 Å². The van der Waals surface area contributed by atoms with Crippen LogP contribution in [-0.2, 0) is 4.79 Å². The zero-order valence-electron chi connectivity index (χ0n) is 16.9. The fraction of sp³-hybridized carbons (Fsp3) is 0.455. The van der Waals surface area contributed by atoms with E-state index < -0.39 is 0 Å². The molecule has 1 saturated carbocycles. The zero-order valence-corrected chi connectivity index (χ0v) is 16.9. The summed E-state index contributed by atoms with van der Waals surface area (Å²) < 4.78 is 0. The van der Waals surface area contributed by atoms with Gasteiger partial charge in [-0.15, -0.1) is 0 Å². The molecule has 4 rings (SSSR count). The minimum atomic E-state index is -0.189. The maximum atomic E-state index is 12.8. The Hall–Kier alpha value is -3.34. The first-order valence-electron chi connectivity index (χ1n) is 10.5. The Bertz CT molecular complexity index is 957. The molecule has 2 heterocycles. The minimum Gasteiger partial charge on any atom is -0.324 e. The summed E-state index contributed by atoms with van der Waals surface area (Å²) in [6.07, 6.45) is 7.57. The van der Waals surface area contributed by atoms with E-state index in [-0.39, 0.29) is 23.8 Å². The van der Waals surface area contributed by atoms with Crippen LogP contribution in [0.5, 0.6) is 0 Å². The number of aromatic nitrogens is 2. The fourth-order valence-corrected chi connectivity index (χ4v) is 4.40. The first-order valence-corrected chi connectivity index (χ1v) is 10.5. The second-order valence-electron chi connectivity index (χ2n) is 8.08. The van der Waals surface area contributed by atoms with Gasteiger partial charge in [0.05, 0.1) is 29.2 Å². The summed E-state index contributed by atoms with van der Waals surface area (Å²) in [5.74, 6) is 0.236. The third kappa shape index (κ3) is 4.46. The number of rotatable bonds is 4. The van der Waals surface area contributed by atoms with E-state index in [9.17, 15) is 9.59 Å². The van der Waals surface area contributed by atoms with Crippen molar-refractivity contribution in [2.45, 2.75) is 44.4 Å². The Kier molecular flexibility index (Phi) is 5.98. The molecule has 1 saturated heterocycles. The van der Waals surface area contributed by atoms with E-state index in [4.69, 9.17) is 5.26 Å². The van der Waals surface area contributed by atoms with Crippen LogP contribution in [0.15, 0.2) is 30.5 Å². The molecule has 0 spiro atoms. The lowest BCUT2D eigenvalue weighted by atomic mass is 9.94. The number of nitrogens with one attached hydrogen (secondary N) is 3. The Balaban J connectivity index is 1.40. The third-order valence-electron chi connectivity index (χ3n) is 6.01. The molecule has 156 valence electrons. The van der Waals surface area contributed by atoms with Gasteiger partial charge in [-0.2, -0.15) is 10.4 Å². The smallest absolute Gasteiger partial charge is 0.321 e. The molecule has 8 nitrogen and oxygen atoms in total. The third-order valence-corrected chi connectivity index (χ3v) is 6.01. The Morgan fingerprint density at radius 1 is 1.17 bits per heavy atom. The first-order chi connectivity index (χ1) is 14.6. The van der Waals surface area contributed by atoms with Crippen LogP contribution in [0.2, 0.25) is 0 Å². The first kappa shape index (κ1) is 20.0. The van der Waals surface area contributed by atoms with Crippen LogP contribution >= 0.6 is 0 Å². The van der Waals surface area contributed by atoms with Crippen molar-refractivity contribution in [1.29, 1.82) is 5.26 Å². The number of urea groups is 1. The summed E-state index contributed by atoms with van der Waals surface area (Å²) >= 11 is 0. The number of piperidine rings is 1. The van der Waals surface area contributed by atoms with Gasteiger partial charge >= 0.3 is 6.03 Å². The number of hydrogen-bond acceptors (Lipinski definition) is 4. The number of hydrogen-bond donors (Lipinski definition) is 3. The maximum absolute atomic E-state index is 12.8. The molecule has 2 fully saturated rings. The molecular formula is C22H26N6O2. The van der Waals surface area contributed by atoms with Crippen LogP contribution in [0.4, 0.5) is 16.2 Å². The molecule has 0 radical (unpaired) electrons. The predicted molar refractivity (Wildman–Crippen MR) is 113 cm³/mol. The van der Waals surface area contributed by atoms with E-state index in [1.807, 2.05) is 0 Å². The van der Waals surface area contributed by atoms with E-state index >= 15 is 0 Å². The molecular weight excluding hydrogens is 380 g/mol. The van der Waals surface area contributed by atoms with Crippen LogP contribution in [0, 0.1) is 17.2 Å². The summed E-state index contributed by atoms with van der Waals surface area (Å²) in [6, 6.07) is 8.76. The largest absolute Gasteiger partial charge is 0.324 e. The highest BCUT2D eigenvalue weighted by atomic mass is 16.2. The number of nitriles is 1. The quantitative estimate of drug-likeness (QED) is 0.716. The number of nitrogens with zero attached hydrogens (tertiary/aromatic N) is 3. The molecule has 0 bridgehead atoms. The summed E-state index contributed by atoms with van der Waals surface area (Å²) in [6.45, 7) is 1.20. The average Bonchev–Trinajstić information content (AvgIpc) is 3.46. The van der Waals surface area contributed by atoms with E-state index in [1.165, 1.54) is 0 Å². The lowest BCUT2D eigenvalue weighted by Gasteiger charge is -2.32. The van der Waals surface area contributed by atoms with Crippen LogP contribution in [0.1, 0.15) is 55.7 Å². The number of amides is 3. The number of anilines is 2. The van der Waals surface area contributed by atoms with Gasteiger partial charge in [0.25, 0.3) is 0 Å². The van der Waals surface area contributed by atoms with Crippen LogP contribution < -0.4 is 10.6 Å². The highest BCUT2D eigenvalue weighted by Gasteiger charge is 2.29. The molecule has 3 N–H and O–H groups in total. The van der Waals surface area contributed by atoms with Crippen LogP contribution in [0.3, 0.4) is 0 Å². The number of H-pyrrole nitrogens is 1. The summed E-state index contributed by atoms with van der Waals surface area (Å²) in [7, 11) is 0. The van der Waals surface area contributed by atoms with E-state index in [0.29, 0.717) is 24.3 Å². The second kappa shape index (κ2) is 8.99. The van der Waals surface area contributed by atoms with E-state index in [2.05, 4.69) is 26.9 Å². The molecule has 1 aromatic carbocycles. The van der Waals surface area contributed by atoms with Gasteiger partial charge in [-0.1, -0.05) is 18.9 Å². The molecule has 30 heavy (non-hydrogen) atoms. The number of likely N-dealkylation sites (tertiary alicyclic amines) is 1. The van der Waals surface area contributed by atoms with Gasteiger partial charge in [0, 0.05) is 30.6 Å². The lowest BCUT2D eigenvalue weighted by Crippen LogP contribution is -2.41. The van der Waals surface area contributed by atoms with Crippen LogP contribution in [0.25, 0.3) is 0 Å². The minimum absolute atomic E-state index is 0.0675. The highest BCUT2D eigenvalue weighted by molar-refractivity contribution is 5.93. The molecule has 0 unspecified atom stereocenters. The van der Waals surface area contributed by atoms with E-state index in [1.54, 1.807) is 35.4 Å². The summed E-state index contributed by atoms with van der Waals surface area (Å²) in [5.41, 5.74) is 2.71. The zero-order chi connectivity index (χ0) is 20.9. The maximum Gasteiger partial charge on any atom is 0.321 e. The van der Waals surface area contributed by atoms with Gasteiger partial charge in [0.15, 0.2) is 0 Å². The number of benzene rings is 1. The Labute approximate surface area is 175 Å². The van der Waals surface area contributed by atoms with Crippen molar-refractivity contribution in [1.82, 2.24) is 15.1 Å². The van der Waals surface area contributed by atoms with Crippen molar-refractivity contribution >= 4 is 23.3 Å². The molecule has 2 aliphatic rings. The molecule has 1 aliphatic carbocycles. The van der Waals surface area contributed by atoms with Gasteiger partial charge in [0.2, 0.25) is 5.91 Å². The van der Waals surface area contributed by atoms with Gasteiger partial charge in [-0.25, -0.2) is 4.79 Å².